The second kappa shape index (κ2) is 4.65. The van der Waals surface area contributed by atoms with E-state index < -0.39 is 0 Å². The monoisotopic (exact) mass is 247 g/mol. The van der Waals surface area contributed by atoms with Gasteiger partial charge in [-0.15, -0.1) is 0 Å². The van der Waals surface area contributed by atoms with Crippen LogP contribution in [-0.4, -0.2) is 46.1 Å². The van der Waals surface area contributed by atoms with Gasteiger partial charge in [0.1, 0.15) is 12.0 Å². The topological polar surface area (TPSA) is 55.3 Å². The number of carbonyl (C=O) groups is 1. The summed E-state index contributed by atoms with van der Waals surface area (Å²) < 4.78 is 5.85. The number of likely N-dealkylation sites (tertiary alicyclic amines) is 1. The third-order valence-corrected chi connectivity index (χ3v) is 3.83. The normalized spacial score (nSPS) is 31.2. The molecule has 5 heteroatoms. The quantitative estimate of drug-likeness (QED) is 0.746. The molecule has 0 bridgehead atoms. The van der Waals surface area contributed by atoms with Gasteiger partial charge in [0.05, 0.1) is 12.2 Å². The van der Waals surface area contributed by atoms with Crippen LogP contribution in [0.25, 0.3) is 0 Å². The zero-order chi connectivity index (χ0) is 12.5. The number of aromatic nitrogens is 2. The van der Waals surface area contributed by atoms with E-state index in [4.69, 9.17) is 4.74 Å². The summed E-state index contributed by atoms with van der Waals surface area (Å²) in [4.78, 5) is 21.9. The summed E-state index contributed by atoms with van der Waals surface area (Å²) in [7, 11) is 0. The maximum Gasteiger partial charge on any atom is 0.272 e. The number of piperidine rings is 1. The van der Waals surface area contributed by atoms with Crippen LogP contribution in [0, 0.1) is 5.92 Å². The van der Waals surface area contributed by atoms with E-state index in [9.17, 15) is 4.79 Å². The van der Waals surface area contributed by atoms with E-state index in [2.05, 4.69) is 16.9 Å². The molecule has 2 saturated heterocycles. The molecule has 0 spiro atoms. The lowest BCUT2D eigenvalue weighted by Gasteiger charge is -2.33. The molecule has 2 aliphatic heterocycles. The van der Waals surface area contributed by atoms with Crippen molar-refractivity contribution in [2.75, 3.05) is 13.1 Å². The molecule has 3 atom stereocenters. The number of ether oxygens (including phenoxy) is 1. The average Bonchev–Trinajstić information content (AvgIpc) is 2.78. The van der Waals surface area contributed by atoms with Crippen molar-refractivity contribution >= 4 is 5.91 Å². The molecular weight excluding hydrogens is 230 g/mol. The minimum Gasteiger partial charge on any atom is -0.373 e. The average molecular weight is 247 g/mol. The van der Waals surface area contributed by atoms with Crippen LogP contribution in [0.3, 0.4) is 0 Å². The second-order valence-corrected chi connectivity index (χ2v) is 5.12. The van der Waals surface area contributed by atoms with Gasteiger partial charge in [-0.25, -0.2) is 9.97 Å². The highest BCUT2D eigenvalue weighted by molar-refractivity contribution is 5.92. The summed E-state index contributed by atoms with van der Waals surface area (Å²) in [6.07, 6.45) is 5.70. The Balaban J connectivity index is 1.70. The highest BCUT2D eigenvalue weighted by Crippen LogP contribution is 2.33. The largest absolute Gasteiger partial charge is 0.373 e. The summed E-state index contributed by atoms with van der Waals surface area (Å²) in [5.74, 6) is 0.605. The van der Waals surface area contributed by atoms with E-state index in [-0.39, 0.29) is 12.0 Å². The molecule has 0 unspecified atom stereocenters. The van der Waals surface area contributed by atoms with Crippen molar-refractivity contribution in [3.63, 3.8) is 0 Å². The fraction of sp³-hybridized carbons (Fsp3) is 0.615. The van der Waals surface area contributed by atoms with Crippen molar-refractivity contribution < 1.29 is 9.53 Å². The maximum atomic E-state index is 12.2. The van der Waals surface area contributed by atoms with Crippen molar-refractivity contribution in [3.8, 4) is 0 Å². The molecule has 5 nitrogen and oxygen atoms in total. The Morgan fingerprint density at radius 1 is 1.56 bits per heavy atom. The van der Waals surface area contributed by atoms with Gasteiger partial charge in [0.2, 0.25) is 0 Å². The van der Waals surface area contributed by atoms with Gasteiger partial charge < -0.3 is 9.64 Å². The summed E-state index contributed by atoms with van der Waals surface area (Å²) in [5.41, 5.74) is 0.467. The van der Waals surface area contributed by atoms with Crippen molar-refractivity contribution in [2.45, 2.75) is 32.0 Å². The molecule has 96 valence electrons. The Morgan fingerprint density at radius 3 is 3.22 bits per heavy atom. The van der Waals surface area contributed by atoms with Crippen LogP contribution in [0.15, 0.2) is 18.6 Å². The molecule has 1 amide bonds. The Morgan fingerprint density at radius 2 is 2.44 bits per heavy atom. The highest BCUT2D eigenvalue weighted by Gasteiger charge is 2.38. The van der Waals surface area contributed by atoms with Crippen LogP contribution < -0.4 is 0 Å². The van der Waals surface area contributed by atoms with Crippen LogP contribution in [0.5, 0.6) is 0 Å². The summed E-state index contributed by atoms with van der Waals surface area (Å²) >= 11 is 0. The van der Waals surface area contributed by atoms with Crippen LogP contribution >= 0.6 is 0 Å². The first-order chi connectivity index (χ1) is 8.74. The Bertz CT molecular complexity index is 437. The number of hydrogen-bond donors (Lipinski definition) is 0. The second-order valence-electron chi connectivity index (χ2n) is 5.12. The van der Waals surface area contributed by atoms with E-state index in [1.165, 1.54) is 6.33 Å². The van der Waals surface area contributed by atoms with Crippen molar-refractivity contribution in [3.05, 3.63) is 24.3 Å². The molecule has 18 heavy (non-hydrogen) atoms. The zero-order valence-electron chi connectivity index (χ0n) is 10.5. The molecule has 3 heterocycles. The predicted molar refractivity (Wildman–Crippen MR) is 65.0 cm³/mol. The molecule has 3 rings (SSSR count). The molecule has 2 aliphatic rings. The molecular formula is C13H17N3O2. The smallest absolute Gasteiger partial charge is 0.272 e. The van der Waals surface area contributed by atoms with E-state index in [1.807, 2.05) is 4.90 Å². The zero-order valence-corrected chi connectivity index (χ0v) is 10.5. The lowest BCUT2D eigenvalue weighted by atomic mass is 9.92. The lowest BCUT2D eigenvalue weighted by molar-refractivity contribution is 0.00138. The fourth-order valence-electron chi connectivity index (χ4n) is 2.93. The van der Waals surface area contributed by atoms with E-state index in [1.54, 1.807) is 12.3 Å². The summed E-state index contributed by atoms with van der Waals surface area (Å²) in [5, 5.41) is 0. The number of fused-ring (bicyclic) bond motifs is 1. The first-order valence-electron chi connectivity index (χ1n) is 6.45. The number of rotatable bonds is 1. The number of carbonyl (C=O) groups excluding carboxylic acids is 1. The van der Waals surface area contributed by atoms with E-state index >= 15 is 0 Å². The van der Waals surface area contributed by atoms with Gasteiger partial charge in [-0.05, 0) is 31.7 Å². The van der Waals surface area contributed by atoms with Crippen LogP contribution in [-0.2, 0) is 4.74 Å². The number of nitrogens with zero attached hydrogens (tertiary/aromatic N) is 3. The SMILES string of the molecule is C[C@@H]1C[C@H]2CCN(C(=O)c3ccncn3)C[C@@H]2O1. The fourth-order valence-corrected chi connectivity index (χ4v) is 2.93. The molecule has 2 fully saturated rings. The summed E-state index contributed by atoms with van der Waals surface area (Å²) in [6.45, 7) is 3.60. The predicted octanol–water partition coefficient (Wildman–Crippen LogP) is 1.12. The van der Waals surface area contributed by atoms with E-state index in [0.29, 0.717) is 24.3 Å². The Kier molecular flexibility index (Phi) is 2.99. The molecule has 0 aromatic carbocycles. The number of amides is 1. The van der Waals surface area contributed by atoms with Gasteiger partial charge >= 0.3 is 0 Å². The molecule has 0 radical (unpaired) electrons. The Hall–Kier alpha value is -1.49. The van der Waals surface area contributed by atoms with Gasteiger partial charge in [-0.2, -0.15) is 0 Å². The van der Waals surface area contributed by atoms with Crippen molar-refractivity contribution in [1.29, 1.82) is 0 Å². The maximum absolute atomic E-state index is 12.2. The van der Waals surface area contributed by atoms with Gasteiger partial charge in [-0.3, -0.25) is 4.79 Å². The molecule has 0 N–H and O–H groups in total. The van der Waals surface area contributed by atoms with Gasteiger partial charge in [0, 0.05) is 19.3 Å². The van der Waals surface area contributed by atoms with Crippen molar-refractivity contribution in [2.24, 2.45) is 5.92 Å². The molecule has 1 aromatic rings. The first-order valence-corrected chi connectivity index (χ1v) is 6.45. The third-order valence-electron chi connectivity index (χ3n) is 3.83. The van der Waals surface area contributed by atoms with Gasteiger partial charge in [0.15, 0.2) is 0 Å². The molecule has 0 saturated carbocycles. The van der Waals surface area contributed by atoms with Crippen LogP contribution in [0.4, 0.5) is 0 Å². The van der Waals surface area contributed by atoms with Crippen LogP contribution in [0.2, 0.25) is 0 Å². The van der Waals surface area contributed by atoms with E-state index in [0.717, 1.165) is 19.4 Å². The molecule has 1 aromatic heterocycles. The number of hydrogen-bond acceptors (Lipinski definition) is 4. The van der Waals surface area contributed by atoms with Gasteiger partial charge in [0.25, 0.3) is 5.91 Å². The minimum atomic E-state index is -0.0148. The third kappa shape index (κ3) is 2.10. The summed E-state index contributed by atoms with van der Waals surface area (Å²) in [6, 6.07) is 1.66. The van der Waals surface area contributed by atoms with Crippen LogP contribution in [0.1, 0.15) is 30.3 Å². The van der Waals surface area contributed by atoms with Crippen molar-refractivity contribution in [1.82, 2.24) is 14.9 Å². The highest BCUT2D eigenvalue weighted by atomic mass is 16.5. The first kappa shape index (κ1) is 11.6. The Labute approximate surface area is 106 Å². The standard InChI is InChI=1S/C13H17N3O2/c1-9-6-10-3-5-16(7-12(10)18-9)13(17)11-2-4-14-8-15-11/h2,4,8-10,12H,3,5-7H2,1H3/t9-,10-,12+/m1/s1. The molecule has 0 aliphatic carbocycles. The lowest BCUT2D eigenvalue weighted by Crippen LogP contribution is -2.45. The minimum absolute atomic E-state index is 0.0148. The van der Waals surface area contributed by atoms with Gasteiger partial charge in [-0.1, -0.05) is 0 Å².